The summed E-state index contributed by atoms with van der Waals surface area (Å²) in [4.78, 5) is 4.31. The van der Waals surface area contributed by atoms with Gasteiger partial charge in [-0.2, -0.15) is 0 Å². The van der Waals surface area contributed by atoms with E-state index in [1.165, 1.54) is 0 Å². The lowest BCUT2D eigenvalue weighted by Gasteiger charge is -2.19. The van der Waals surface area contributed by atoms with Crippen molar-refractivity contribution >= 4 is 0 Å². The largest absolute Gasteiger partial charge is 0.495 e. The van der Waals surface area contributed by atoms with Crippen molar-refractivity contribution in [3.63, 3.8) is 0 Å². The molecule has 0 aliphatic carbocycles. The highest BCUT2D eigenvalue weighted by molar-refractivity contribution is 5.29. The minimum atomic E-state index is 0.0427. The van der Waals surface area contributed by atoms with Gasteiger partial charge in [0.15, 0.2) is 0 Å². The van der Waals surface area contributed by atoms with Crippen LogP contribution in [0, 0.1) is 5.92 Å². The van der Waals surface area contributed by atoms with E-state index in [1.807, 2.05) is 12.1 Å². The zero-order valence-corrected chi connectivity index (χ0v) is 9.53. The van der Waals surface area contributed by atoms with Gasteiger partial charge in [0.2, 0.25) is 0 Å². The molecule has 0 amide bonds. The molecule has 1 atom stereocenters. The maximum absolute atomic E-state index is 5.53. The highest BCUT2D eigenvalue weighted by atomic mass is 16.5. The van der Waals surface area contributed by atoms with Gasteiger partial charge in [0.1, 0.15) is 11.4 Å². The van der Waals surface area contributed by atoms with Crippen LogP contribution in [0.1, 0.15) is 32.0 Å². The number of hydrogen-bond donors (Lipinski definition) is 2. The van der Waals surface area contributed by atoms with Crippen LogP contribution < -0.4 is 16.0 Å². The summed E-state index contributed by atoms with van der Waals surface area (Å²) >= 11 is 0. The molecular formula is C11H19N3O. The first kappa shape index (κ1) is 11.9. The summed E-state index contributed by atoms with van der Waals surface area (Å²) in [5.41, 5.74) is 3.65. The van der Waals surface area contributed by atoms with Crippen LogP contribution in [0.2, 0.25) is 0 Å². The lowest BCUT2D eigenvalue weighted by Crippen LogP contribution is -2.30. The second-order valence-electron chi connectivity index (χ2n) is 3.94. The molecule has 0 fully saturated rings. The topological polar surface area (TPSA) is 60.2 Å². The van der Waals surface area contributed by atoms with Crippen molar-refractivity contribution in [3.05, 3.63) is 24.0 Å². The minimum absolute atomic E-state index is 0.0427. The molecule has 4 nitrogen and oxygen atoms in total. The summed E-state index contributed by atoms with van der Waals surface area (Å²) < 4.78 is 5.25. The molecular weight excluding hydrogens is 190 g/mol. The highest BCUT2D eigenvalue weighted by Crippen LogP contribution is 2.26. The third-order valence-corrected chi connectivity index (χ3v) is 2.26. The smallest absolute Gasteiger partial charge is 0.142 e. The van der Waals surface area contributed by atoms with Crippen LogP contribution in [0.4, 0.5) is 0 Å². The Kier molecular flexibility index (Phi) is 4.52. The number of ether oxygens (including phenoxy) is 1. The van der Waals surface area contributed by atoms with E-state index in [0.717, 1.165) is 17.9 Å². The van der Waals surface area contributed by atoms with Crippen molar-refractivity contribution in [1.29, 1.82) is 0 Å². The molecule has 0 saturated heterocycles. The first-order valence-electron chi connectivity index (χ1n) is 5.14. The number of nitrogens with zero attached hydrogens (tertiary/aromatic N) is 1. The second kappa shape index (κ2) is 5.68. The van der Waals surface area contributed by atoms with Crippen LogP contribution in [-0.4, -0.2) is 12.1 Å². The zero-order chi connectivity index (χ0) is 11.3. The Balaban J connectivity index is 2.90. The van der Waals surface area contributed by atoms with Gasteiger partial charge in [-0.1, -0.05) is 13.8 Å². The number of rotatable bonds is 5. The first-order valence-corrected chi connectivity index (χ1v) is 5.14. The van der Waals surface area contributed by atoms with Crippen LogP contribution in [0.3, 0.4) is 0 Å². The summed E-state index contributed by atoms with van der Waals surface area (Å²) in [6, 6.07) is 3.79. The van der Waals surface area contributed by atoms with Crippen molar-refractivity contribution in [1.82, 2.24) is 10.4 Å². The summed E-state index contributed by atoms with van der Waals surface area (Å²) in [5.74, 6) is 6.86. The average molecular weight is 209 g/mol. The molecule has 1 aromatic heterocycles. The molecule has 0 bridgehead atoms. The molecule has 4 heteroatoms. The van der Waals surface area contributed by atoms with Gasteiger partial charge < -0.3 is 4.74 Å². The third-order valence-electron chi connectivity index (χ3n) is 2.26. The fraction of sp³-hybridized carbons (Fsp3) is 0.545. The molecule has 1 aromatic rings. The van der Waals surface area contributed by atoms with Gasteiger partial charge in [0.05, 0.1) is 13.2 Å². The number of hydrazine groups is 1. The number of aromatic nitrogens is 1. The van der Waals surface area contributed by atoms with Crippen LogP contribution in [0.25, 0.3) is 0 Å². The van der Waals surface area contributed by atoms with Crippen molar-refractivity contribution < 1.29 is 4.74 Å². The van der Waals surface area contributed by atoms with Crippen molar-refractivity contribution in [2.45, 2.75) is 26.3 Å². The number of methoxy groups -OCH3 is 1. The van der Waals surface area contributed by atoms with E-state index in [9.17, 15) is 0 Å². The fourth-order valence-electron chi connectivity index (χ4n) is 1.57. The standard InChI is InChI=1S/C11H19N3O/c1-8(2)7-9(14-12)11-10(15-3)5-4-6-13-11/h4-6,8-9,14H,7,12H2,1-3H3. The monoisotopic (exact) mass is 209 g/mol. The molecule has 0 aliphatic heterocycles. The molecule has 3 N–H and O–H groups in total. The molecule has 1 rings (SSSR count). The van der Waals surface area contributed by atoms with E-state index in [0.29, 0.717) is 5.92 Å². The van der Waals surface area contributed by atoms with E-state index in [1.54, 1.807) is 13.3 Å². The third kappa shape index (κ3) is 3.18. The van der Waals surface area contributed by atoms with Gasteiger partial charge in [-0.05, 0) is 24.5 Å². The van der Waals surface area contributed by atoms with Crippen LogP contribution >= 0.6 is 0 Å². The molecule has 0 aliphatic rings. The van der Waals surface area contributed by atoms with Crippen LogP contribution in [0.15, 0.2) is 18.3 Å². The Bertz CT molecular complexity index is 302. The SMILES string of the molecule is COc1cccnc1C(CC(C)C)NN. The average Bonchev–Trinajstić information content (AvgIpc) is 2.25. The van der Waals surface area contributed by atoms with E-state index < -0.39 is 0 Å². The van der Waals surface area contributed by atoms with Crippen molar-refractivity contribution in [3.8, 4) is 5.75 Å². The number of nitrogens with two attached hydrogens (primary N) is 1. The molecule has 15 heavy (non-hydrogen) atoms. The van der Waals surface area contributed by atoms with Gasteiger partial charge >= 0.3 is 0 Å². The van der Waals surface area contributed by atoms with E-state index >= 15 is 0 Å². The fourth-order valence-corrected chi connectivity index (χ4v) is 1.57. The lowest BCUT2D eigenvalue weighted by molar-refractivity contribution is 0.376. The van der Waals surface area contributed by atoms with Gasteiger partial charge in [0, 0.05) is 6.20 Å². The van der Waals surface area contributed by atoms with Crippen LogP contribution in [0.5, 0.6) is 5.75 Å². The molecule has 1 heterocycles. The normalized spacial score (nSPS) is 12.9. The first-order chi connectivity index (χ1) is 7.19. The van der Waals surface area contributed by atoms with Gasteiger partial charge in [-0.25, -0.2) is 0 Å². The molecule has 84 valence electrons. The maximum Gasteiger partial charge on any atom is 0.142 e. The Morgan fingerprint density at radius 1 is 1.53 bits per heavy atom. The maximum atomic E-state index is 5.53. The number of nitrogens with one attached hydrogen (secondary N) is 1. The quantitative estimate of drug-likeness (QED) is 0.571. The van der Waals surface area contributed by atoms with Gasteiger partial charge in [-0.15, -0.1) is 0 Å². The summed E-state index contributed by atoms with van der Waals surface area (Å²) in [6.45, 7) is 4.31. The Hall–Kier alpha value is -1.13. The molecule has 0 radical (unpaired) electrons. The van der Waals surface area contributed by atoms with E-state index in [2.05, 4.69) is 24.3 Å². The Labute approximate surface area is 90.8 Å². The number of hydrogen-bond acceptors (Lipinski definition) is 4. The van der Waals surface area contributed by atoms with E-state index in [-0.39, 0.29) is 6.04 Å². The molecule has 0 spiro atoms. The van der Waals surface area contributed by atoms with Crippen molar-refractivity contribution in [2.75, 3.05) is 7.11 Å². The van der Waals surface area contributed by atoms with Crippen LogP contribution in [-0.2, 0) is 0 Å². The Morgan fingerprint density at radius 2 is 2.27 bits per heavy atom. The molecule has 0 saturated carbocycles. The summed E-state index contributed by atoms with van der Waals surface area (Å²) in [7, 11) is 1.64. The van der Waals surface area contributed by atoms with Gasteiger partial charge in [-0.3, -0.25) is 16.3 Å². The van der Waals surface area contributed by atoms with Gasteiger partial charge in [0.25, 0.3) is 0 Å². The summed E-state index contributed by atoms with van der Waals surface area (Å²) in [6.07, 6.45) is 2.69. The second-order valence-corrected chi connectivity index (χ2v) is 3.94. The predicted octanol–water partition coefficient (Wildman–Crippen LogP) is 1.64. The minimum Gasteiger partial charge on any atom is -0.495 e. The van der Waals surface area contributed by atoms with E-state index in [4.69, 9.17) is 10.6 Å². The summed E-state index contributed by atoms with van der Waals surface area (Å²) in [5, 5.41) is 0. The number of pyridine rings is 1. The molecule has 1 unspecified atom stereocenters. The predicted molar refractivity (Wildman–Crippen MR) is 60.3 cm³/mol. The Morgan fingerprint density at radius 3 is 2.80 bits per heavy atom. The van der Waals surface area contributed by atoms with Crippen molar-refractivity contribution in [2.24, 2.45) is 11.8 Å². The lowest BCUT2D eigenvalue weighted by atomic mass is 10.0. The molecule has 0 aromatic carbocycles. The zero-order valence-electron chi connectivity index (χ0n) is 9.53. The highest BCUT2D eigenvalue weighted by Gasteiger charge is 2.16.